The van der Waals surface area contributed by atoms with Crippen molar-refractivity contribution in [3.05, 3.63) is 90.0 Å². The first-order valence-corrected chi connectivity index (χ1v) is 9.97. The predicted molar refractivity (Wildman–Crippen MR) is 104 cm³/mol. The maximum absolute atomic E-state index is 14.4. The Hall–Kier alpha value is -2.93. The molecule has 7 heteroatoms. The third-order valence-corrected chi connectivity index (χ3v) is 6.32. The molecule has 0 aliphatic heterocycles. The van der Waals surface area contributed by atoms with Crippen LogP contribution in [0.4, 0.5) is 14.5 Å². The summed E-state index contributed by atoms with van der Waals surface area (Å²) in [5.41, 5.74) is 0.406. The SMILES string of the molecule is COc1cccc(N(C(C)c2ccccc2F)S(=O)(=O)c2ccccc2F)c1. The molecule has 3 aromatic rings. The first-order chi connectivity index (χ1) is 13.4. The van der Waals surface area contributed by atoms with E-state index in [1.807, 2.05) is 0 Å². The molecule has 28 heavy (non-hydrogen) atoms. The molecular formula is C21H19F2NO3S. The van der Waals surface area contributed by atoms with Gasteiger partial charge in [0.15, 0.2) is 0 Å². The van der Waals surface area contributed by atoms with Crippen LogP contribution in [0.25, 0.3) is 0 Å². The zero-order valence-electron chi connectivity index (χ0n) is 15.3. The maximum Gasteiger partial charge on any atom is 0.267 e. The molecule has 0 heterocycles. The Bertz CT molecular complexity index is 1090. The smallest absolute Gasteiger partial charge is 0.267 e. The van der Waals surface area contributed by atoms with Crippen molar-refractivity contribution in [2.24, 2.45) is 0 Å². The molecule has 3 rings (SSSR count). The van der Waals surface area contributed by atoms with Crippen molar-refractivity contribution in [2.45, 2.75) is 17.9 Å². The van der Waals surface area contributed by atoms with Gasteiger partial charge in [-0.1, -0.05) is 36.4 Å². The lowest BCUT2D eigenvalue weighted by atomic mass is 10.1. The number of ether oxygens (including phenoxy) is 1. The predicted octanol–water partition coefficient (Wildman–Crippen LogP) is 4.93. The van der Waals surface area contributed by atoms with Gasteiger partial charge in [-0.05, 0) is 37.3 Å². The molecule has 0 fully saturated rings. The number of halogens is 2. The van der Waals surface area contributed by atoms with Gasteiger partial charge < -0.3 is 4.74 Å². The lowest BCUT2D eigenvalue weighted by Gasteiger charge is -2.31. The van der Waals surface area contributed by atoms with E-state index < -0.39 is 32.6 Å². The van der Waals surface area contributed by atoms with E-state index in [-0.39, 0.29) is 11.3 Å². The number of sulfonamides is 1. The molecule has 0 spiro atoms. The second-order valence-corrected chi connectivity index (χ2v) is 7.91. The number of hydrogen-bond acceptors (Lipinski definition) is 3. The number of nitrogens with zero attached hydrogens (tertiary/aromatic N) is 1. The standard InChI is InChI=1S/C21H19F2NO3S/c1-15(18-10-3-4-11-19(18)22)24(16-8-7-9-17(14-16)27-2)28(25,26)21-13-6-5-12-20(21)23/h3-15H,1-2H3. The summed E-state index contributed by atoms with van der Waals surface area (Å²) in [5.74, 6) is -1.00. The van der Waals surface area contributed by atoms with E-state index in [9.17, 15) is 17.2 Å². The van der Waals surface area contributed by atoms with Gasteiger partial charge in [0.2, 0.25) is 0 Å². The van der Waals surface area contributed by atoms with Gasteiger partial charge in [0.1, 0.15) is 22.3 Å². The minimum Gasteiger partial charge on any atom is -0.497 e. The van der Waals surface area contributed by atoms with E-state index in [4.69, 9.17) is 4.74 Å². The fourth-order valence-corrected chi connectivity index (χ4v) is 4.72. The number of hydrogen-bond donors (Lipinski definition) is 0. The Morgan fingerprint density at radius 2 is 1.54 bits per heavy atom. The quantitative estimate of drug-likeness (QED) is 0.586. The van der Waals surface area contributed by atoms with Crippen LogP contribution in [0.1, 0.15) is 18.5 Å². The highest BCUT2D eigenvalue weighted by Crippen LogP contribution is 2.36. The highest BCUT2D eigenvalue weighted by Gasteiger charge is 2.33. The summed E-state index contributed by atoms with van der Waals surface area (Å²) in [6.07, 6.45) is 0. The van der Waals surface area contributed by atoms with Crippen molar-refractivity contribution in [2.75, 3.05) is 11.4 Å². The molecule has 0 bridgehead atoms. The Labute approximate surface area is 163 Å². The molecule has 0 saturated carbocycles. The lowest BCUT2D eigenvalue weighted by molar-refractivity contribution is 0.415. The Kier molecular flexibility index (Phi) is 5.65. The molecule has 0 aliphatic rings. The number of rotatable bonds is 6. The van der Waals surface area contributed by atoms with Gasteiger partial charge in [-0.25, -0.2) is 17.2 Å². The van der Waals surface area contributed by atoms with Gasteiger partial charge in [0.25, 0.3) is 10.0 Å². The van der Waals surface area contributed by atoms with E-state index in [0.717, 1.165) is 10.4 Å². The third kappa shape index (κ3) is 3.71. The van der Waals surface area contributed by atoms with Gasteiger partial charge in [0, 0.05) is 11.6 Å². The fraction of sp³-hybridized carbons (Fsp3) is 0.143. The Morgan fingerprint density at radius 1 is 0.893 bits per heavy atom. The van der Waals surface area contributed by atoms with Crippen molar-refractivity contribution in [1.82, 2.24) is 0 Å². The molecule has 0 amide bonds. The summed E-state index contributed by atoms with van der Waals surface area (Å²) in [6, 6.07) is 16.4. The second kappa shape index (κ2) is 7.98. The van der Waals surface area contributed by atoms with E-state index in [2.05, 4.69) is 0 Å². The molecule has 146 valence electrons. The fourth-order valence-electron chi connectivity index (χ4n) is 3.02. The molecule has 3 aromatic carbocycles. The average molecular weight is 403 g/mol. The highest BCUT2D eigenvalue weighted by molar-refractivity contribution is 7.92. The highest BCUT2D eigenvalue weighted by atomic mass is 32.2. The monoisotopic (exact) mass is 403 g/mol. The molecule has 0 radical (unpaired) electrons. The molecule has 4 nitrogen and oxygen atoms in total. The molecule has 1 atom stereocenters. The van der Waals surface area contributed by atoms with Crippen LogP contribution in [-0.2, 0) is 10.0 Å². The van der Waals surface area contributed by atoms with Gasteiger partial charge in [-0.3, -0.25) is 4.31 Å². The molecule has 0 saturated heterocycles. The third-order valence-electron chi connectivity index (χ3n) is 4.39. The van der Waals surface area contributed by atoms with Crippen LogP contribution in [-0.4, -0.2) is 15.5 Å². The van der Waals surface area contributed by atoms with Gasteiger partial charge >= 0.3 is 0 Å². The first kappa shape index (κ1) is 19.8. The number of anilines is 1. The summed E-state index contributed by atoms with van der Waals surface area (Å²) in [5, 5.41) is 0. The van der Waals surface area contributed by atoms with Crippen LogP contribution in [0.3, 0.4) is 0 Å². The van der Waals surface area contributed by atoms with Crippen LogP contribution >= 0.6 is 0 Å². The minimum atomic E-state index is -4.34. The normalized spacial score (nSPS) is 12.4. The molecular weight excluding hydrogens is 384 g/mol. The van der Waals surface area contributed by atoms with Gasteiger partial charge in [-0.15, -0.1) is 0 Å². The van der Waals surface area contributed by atoms with Crippen LogP contribution in [0, 0.1) is 11.6 Å². The van der Waals surface area contributed by atoms with E-state index in [1.165, 1.54) is 49.6 Å². The van der Waals surface area contributed by atoms with Crippen LogP contribution in [0.15, 0.2) is 77.7 Å². The second-order valence-electron chi connectivity index (χ2n) is 6.13. The van der Waals surface area contributed by atoms with E-state index in [1.54, 1.807) is 31.2 Å². The largest absolute Gasteiger partial charge is 0.497 e. The van der Waals surface area contributed by atoms with Crippen LogP contribution in [0.5, 0.6) is 5.75 Å². The molecule has 0 aliphatic carbocycles. The average Bonchev–Trinajstić information content (AvgIpc) is 2.68. The molecule has 0 aromatic heterocycles. The van der Waals surface area contributed by atoms with Crippen molar-refractivity contribution >= 4 is 15.7 Å². The van der Waals surface area contributed by atoms with Gasteiger partial charge in [-0.2, -0.15) is 0 Å². The molecule has 0 N–H and O–H groups in total. The van der Waals surface area contributed by atoms with E-state index in [0.29, 0.717) is 5.75 Å². The maximum atomic E-state index is 14.4. The summed E-state index contributed by atoms with van der Waals surface area (Å²) in [7, 11) is -2.88. The van der Waals surface area contributed by atoms with Crippen molar-refractivity contribution in [1.29, 1.82) is 0 Å². The van der Waals surface area contributed by atoms with E-state index >= 15 is 0 Å². The Balaban J connectivity index is 2.23. The number of benzene rings is 3. The lowest BCUT2D eigenvalue weighted by Crippen LogP contribution is -2.34. The zero-order chi connectivity index (χ0) is 20.3. The zero-order valence-corrected chi connectivity index (χ0v) is 16.2. The summed E-state index contributed by atoms with van der Waals surface area (Å²) in [6.45, 7) is 1.55. The van der Waals surface area contributed by atoms with Crippen LogP contribution < -0.4 is 9.04 Å². The first-order valence-electron chi connectivity index (χ1n) is 8.53. The summed E-state index contributed by atoms with van der Waals surface area (Å²) in [4.78, 5) is -0.485. The van der Waals surface area contributed by atoms with Gasteiger partial charge in [0.05, 0.1) is 18.8 Å². The number of methoxy groups -OCH3 is 1. The topological polar surface area (TPSA) is 46.6 Å². The van der Waals surface area contributed by atoms with Crippen molar-refractivity contribution in [3.63, 3.8) is 0 Å². The van der Waals surface area contributed by atoms with Crippen molar-refractivity contribution < 1.29 is 21.9 Å². The summed E-state index contributed by atoms with van der Waals surface area (Å²) >= 11 is 0. The summed E-state index contributed by atoms with van der Waals surface area (Å²) < 4.78 is 61.8. The Morgan fingerprint density at radius 3 is 2.18 bits per heavy atom. The van der Waals surface area contributed by atoms with Crippen molar-refractivity contribution in [3.8, 4) is 5.75 Å². The van der Waals surface area contributed by atoms with Crippen LogP contribution in [0.2, 0.25) is 0 Å². The minimum absolute atomic E-state index is 0.172. The molecule has 1 unspecified atom stereocenters.